The second kappa shape index (κ2) is 11.9. The molecule has 0 unspecified atom stereocenters. The van der Waals surface area contributed by atoms with Crippen LogP contribution in [0.1, 0.15) is 17.4 Å². The molecular weight excluding hydrogens is 459 g/mol. The van der Waals surface area contributed by atoms with Crippen molar-refractivity contribution in [1.82, 2.24) is 10.2 Å². The van der Waals surface area contributed by atoms with Crippen LogP contribution in [0.3, 0.4) is 0 Å². The molecule has 0 saturated heterocycles. The molecule has 1 aromatic heterocycles. The van der Waals surface area contributed by atoms with Crippen LogP contribution in [0, 0.1) is 0 Å². The number of thiophene rings is 1. The Bertz CT molecular complexity index is 703. The Balaban J connectivity index is 0.00000338. The lowest BCUT2D eigenvalue weighted by Crippen LogP contribution is -2.43. The van der Waals surface area contributed by atoms with E-state index < -0.39 is 0 Å². The van der Waals surface area contributed by atoms with Crippen molar-refractivity contribution in [2.75, 3.05) is 32.5 Å². The Morgan fingerprint density at radius 3 is 2.73 bits per heavy atom. The van der Waals surface area contributed by atoms with E-state index in [0.717, 1.165) is 25.1 Å². The van der Waals surface area contributed by atoms with Gasteiger partial charge in [0.05, 0.1) is 6.54 Å². The average molecular weight is 486 g/mol. The Kier molecular flexibility index (Phi) is 10.3. The van der Waals surface area contributed by atoms with Crippen molar-refractivity contribution >= 4 is 52.9 Å². The van der Waals surface area contributed by atoms with Crippen LogP contribution >= 0.6 is 35.3 Å². The zero-order valence-electron chi connectivity index (χ0n) is 15.5. The van der Waals surface area contributed by atoms with Gasteiger partial charge in [0.15, 0.2) is 5.96 Å². The lowest BCUT2D eigenvalue weighted by Gasteiger charge is -2.21. The molecule has 1 heterocycles. The van der Waals surface area contributed by atoms with Gasteiger partial charge in [-0.05, 0) is 42.0 Å². The third-order valence-corrected chi connectivity index (χ3v) is 4.81. The zero-order valence-corrected chi connectivity index (χ0v) is 18.6. The second-order valence-electron chi connectivity index (χ2n) is 5.75. The van der Waals surface area contributed by atoms with E-state index in [1.165, 1.54) is 10.4 Å². The quantitative estimate of drug-likeness (QED) is 0.357. The lowest BCUT2D eigenvalue weighted by molar-refractivity contribution is -0.115. The summed E-state index contributed by atoms with van der Waals surface area (Å²) in [6.07, 6.45) is 1.91. The van der Waals surface area contributed by atoms with E-state index in [4.69, 9.17) is 0 Å². The molecule has 2 aromatic rings. The van der Waals surface area contributed by atoms with Crippen molar-refractivity contribution in [3.63, 3.8) is 0 Å². The fourth-order valence-electron chi connectivity index (χ4n) is 2.46. The number of hydrogen-bond acceptors (Lipinski definition) is 3. The molecule has 0 saturated carbocycles. The summed E-state index contributed by atoms with van der Waals surface area (Å²) in [5.41, 5.74) is 2.03. The summed E-state index contributed by atoms with van der Waals surface area (Å²) in [6, 6.07) is 12.1. The molecule has 0 fully saturated rings. The summed E-state index contributed by atoms with van der Waals surface area (Å²) in [6.45, 7) is 3.13. The highest BCUT2D eigenvalue weighted by Gasteiger charge is 2.09. The Hall–Kier alpha value is -1.61. The van der Waals surface area contributed by atoms with Gasteiger partial charge in [-0.15, -0.1) is 35.3 Å². The third-order valence-electron chi connectivity index (χ3n) is 3.87. The molecule has 0 bridgehead atoms. The summed E-state index contributed by atoms with van der Waals surface area (Å²) in [5.74, 6) is 0.634. The largest absolute Gasteiger partial charge is 0.347 e. The van der Waals surface area contributed by atoms with Crippen LogP contribution in [0.5, 0.6) is 0 Å². The summed E-state index contributed by atoms with van der Waals surface area (Å²) in [7, 11) is 3.71. The van der Waals surface area contributed by atoms with Crippen LogP contribution < -0.4 is 10.6 Å². The molecule has 0 atom stereocenters. The number of nitrogens with zero attached hydrogens (tertiary/aromatic N) is 2. The van der Waals surface area contributed by atoms with E-state index in [2.05, 4.69) is 46.1 Å². The van der Waals surface area contributed by atoms with Crippen molar-refractivity contribution in [3.8, 4) is 0 Å². The van der Waals surface area contributed by atoms with Crippen LogP contribution in [-0.4, -0.2) is 44.0 Å². The minimum absolute atomic E-state index is 0. The summed E-state index contributed by atoms with van der Waals surface area (Å²) in [5, 5.41) is 8.11. The molecule has 5 nitrogen and oxygen atoms in total. The third kappa shape index (κ3) is 7.33. The van der Waals surface area contributed by atoms with Crippen molar-refractivity contribution in [2.45, 2.75) is 19.8 Å². The number of guanidine groups is 1. The van der Waals surface area contributed by atoms with Crippen molar-refractivity contribution in [2.24, 2.45) is 4.99 Å². The highest BCUT2D eigenvalue weighted by Crippen LogP contribution is 2.11. The highest BCUT2D eigenvalue weighted by molar-refractivity contribution is 14.0. The van der Waals surface area contributed by atoms with Crippen LogP contribution in [0.4, 0.5) is 5.69 Å². The summed E-state index contributed by atoms with van der Waals surface area (Å²) in [4.78, 5) is 19.8. The zero-order chi connectivity index (χ0) is 18.1. The fourth-order valence-corrected chi connectivity index (χ4v) is 3.16. The minimum atomic E-state index is -0.0824. The predicted octanol–water partition coefficient (Wildman–Crippen LogP) is 3.62. The Morgan fingerprint density at radius 2 is 2.08 bits per heavy atom. The van der Waals surface area contributed by atoms with Crippen molar-refractivity contribution in [3.05, 3.63) is 52.2 Å². The number of amides is 1. The number of aryl methyl sites for hydroxylation is 1. The molecule has 0 radical (unpaired) electrons. The molecule has 1 amide bonds. The Morgan fingerprint density at radius 1 is 1.27 bits per heavy atom. The van der Waals surface area contributed by atoms with Gasteiger partial charge in [-0.25, -0.2) is 0 Å². The first kappa shape index (κ1) is 22.4. The predicted molar refractivity (Wildman–Crippen MR) is 122 cm³/mol. The Labute approximate surface area is 176 Å². The van der Waals surface area contributed by atoms with Crippen molar-refractivity contribution < 1.29 is 4.79 Å². The molecule has 0 aliphatic heterocycles. The molecule has 7 heteroatoms. The number of rotatable bonds is 7. The maximum absolute atomic E-state index is 12.2. The molecule has 142 valence electrons. The molecule has 0 aliphatic rings. The van der Waals surface area contributed by atoms with Gasteiger partial charge in [-0.3, -0.25) is 9.79 Å². The lowest BCUT2D eigenvalue weighted by atomic mass is 10.1. The molecule has 2 N–H and O–H groups in total. The van der Waals surface area contributed by atoms with Gasteiger partial charge in [-0.1, -0.05) is 25.1 Å². The van der Waals surface area contributed by atoms with E-state index in [1.54, 1.807) is 18.4 Å². The first-order chi connectivity index (χ1) is 12.1. The van der Waals surface area contributed by atoms with Crippen LogP contribution in [0.15, 0.2) is 46.8 Å². The van der Waals surface area contributed by atoms with Crippen LogP contribution in [0.2, 0.25) is 0 Å². The van der Waals surface area contributed by atoms with E-state index in [1.807, 2.05) is 30.1 Å². The number of carbonyl (C=O) groups is 1. The number of aliphatic imine (C=N–C) groups is 1. The van der Waals surface area contributed by atoms with E-state index in [-0.39, 0.29) is 36.4 Å². The first-order valence-corrected chi connectivity index (χ1v) is 9.33. The first-order valence-electron chi connectivity index (χ1n) is 8.45. The van der Waals surface area contributed by atoms with Gasteiger partial charge in [0.2, 0.25) is 5.91 Å². The average Bonchev–Trinajstić information content (AvgIpc) is 3.14. The standard InChI is InChI=1S/C19H26N4OS.HI/c1-4-15-7-5-8-16(13-15)22-18(24)14-21-19(20-2)23(3)11-10-17-9-6-12-25-17;/h5-9,12-13H,4,10-11,14H2,1-3H3,(H,20,21)(H,22,24);1H. The number of nitrogens with one attached hydrogen (secondary N) is 2. The maximum Gasteiger partial charge on any atom is 0.243 e. The maximum atomic E-state index is 12.2. The normalized spacial score (nSPS) is 10.8. The molecule has 0 spiro atoms. The number of anilines is 1. The van der Waals surface area contributed by atoms with Gasteiger partial charge in [-0.2, -0.15) is 0 Å². The molecule has 1 aromatic carbocycles. The SMILES string of the molecule is CCc1cccc(NC(=O)CNC(=NC)N(C)CCc2cccs2)c1.I. The minimum Gasteiger partial charge on any atom is -0.347 e. The molecule has 2 rings (SSSR count). The summed E-state index contributed by atoms with van der Waals surface area (Å²) >= 11 is 1.76. The van der Waals surface area contributed by atoms with Gasteiger partial charge in [0.25, 0.3) is 0 Å². The monoisotopic (exact) mass is 486 g/mol. The topological polar surface area (TPSA) is 56.7 Å². The van der Waals surface area contributed by atoms with E-state index in [9.17, 15) is 4.79 Å². The molecular formula is C19H27IN4OS. The number of likely N-dealkylation sites (N-methyl/N-ethyl adjacent to an activating group) is 1. The van der Waals surface area contributed by atoms with Crippen molar-refractivity contribution in [1.29, 1.82) is 0 Å². The van der Waals surface area contributed by atoms with Gasteiger partial charge >= 0.3 is 0 Å². The van der Waals surface area contributed by atoms with Crippen LogP contribution in [-0.2, 0) is 17.6 Å². The number of benzene rings is 1. The fraction of sp³-hybridized carbons (Fsp3) is 0.368. The molecule has 26 heavy (non-hydrogen) atoms. The van der Waals surface area contributed by atoms with E-state index in [0.29, 0.717) is 5.96 Å². The van der Waals surface area contributed by atoms with Crippen LogP contribution in [0.25, 0.3) is 0 Å². The highest BCUT2D eigenvalue weighted by atomic mass is 127. The van der Waals surface area contributed by atoms with Gasteiger partial charge < -0.3 is 15.5 Å². The number of carbonyl (C=O) groups excluding carboxylic acids is 1. The smallest absolute Gasteiger partial charge is 0.243 e. The summed E-state index contributed by atoms with van der Waals surface area (Å²) < 4.78 is 0. The molecule has 0 aliphatic carbocycles. The van der Waals surface area contributed by atoms with Gasteiger partial charge in [0, 0.05) is 31.2 Å². The second-order valence-corrected chi connectivity index (χ2v) is 6.79. The van der Waals surface area contributed by atoms with Gasteiger partial charge in [0.1, 0.15) is 0 Å². The number of hydrogen-bond donors (Lipinski definition) is 2. The number of halogens is 1. The van der Waals surface area contributed by atoms with E-state index >= 15 is 0 Å².